The molecule has 2 N–H and O–H groups in total. The molecule has 1 spiro atoms. The highest BCUT2D eigenvalue weighted by Crippen LogP contribution is 2.49. The number of piperidine rings is 2. The minimum absolute atomic E-state index is 0.0301. The Hall–Kier alpha value is -8.18. The van der Waals surface area contributed by atoms with Crippen LogP contribution >= 0.6 is 0 Å². The number of benzene rings is 6. The molecule has 6 aromatic rings. The van der Waals surface area contributed by atoms with Gasteiger partial charge < -0.3 is 44.4 Å². The van der Waals surface area contributed by atoms with Gasteiger partial charge in [-0.3, -0.25) is 24.1 Å². The van der Waals surface area contributed by atoms with Gasteiger partial charge in [-0.15, -0.1) is 0 Å². The van der Waals surface area contributed by atoms with Crippen LogP contribution in [0.25, 0.3) is 11.1 Å². The minimum Gasteiger partial charge on any atom is -0.465 e. The first-order chi connectivity index (χ1) is 45.5. The monoisotopic (exact) mass is 1320 g/mol. The molecule has 0 unspecified atom stereocenters. The van der Waals surface area contributed by atoms with Gasteiger partial charge in [0.05, 0.1) is 29.5 Å². The molecule has 95 heavy (non-hydrogen) atoms. The van der Waals surface area contributed by atoms with Gasteiger partial charge in [0.15, 0.2) is 5.78 Å². The van der Waals surface area contributed by atoms with Crippen LogP contribution in [0.15, 0.2) is 146 Å². The lowest BCUT2D eigenvalue weighted by atomic mass is 9.72. The number of Topliss-reactive ketones (excluding diaryl/α,β-unsaturated/α-hetero) is 1. The second-order valence-corrected chi connectivity index (χ2v) is 25.6. The van der Waals surface area contributed by atoms with Gasteiger partial charge in [-0.1, -0.05) is 91.3 Å². The van der Waals surface area contributed by atoms with Crippen molar-refractivity contribution >= 4 is 41.0 Å². The third kappa shape index (κ3) is 17.1. The Morgan fingerprint density at radius 3 is 2.00 bits per heavy atom. The predicted octanol–water partition coefficient (Wildman–Crippen LogP) is 13.4. The van der Waals surface area contributed by atoms with Crippen LogP contribution in [0.4, 0.5) is 46.9 Å². The van der Waals surface area contributed by atoms with E-state index < -0.39 is 64.6 Å². The molecule has 3 aliphatic heterocycles. The molecule has 0 radical (unpaired) electrons. The number of anilines is 2. The zero-order chi connectivity index (χ0) is 67.5. The molecule has 4 aliphatic rings. The number of nitrogens with zero attached hydrogens (tertiary/aromatic N) is 6. The lowest BCUT2D eigenvalue weighted by Crippen LogP contribution is -2.50. The van der Waals surface area contributed by atoms with E-state index in [2.05, 4.69) is 27.2 Å². The van der Waals surface area contributed by atoms with Gasteiger partial charge in [-0.05, 0) is 154 Å². The number of carbonyl (C=O) groups excluding carboxylic acids is 4. The first-order valence-corrected chi connectivity index (χ1v) is 32.7. The van der Waals surface area contributed by atoms with Crippen molar-refractivity contribution in [2.45, 2.75) is 113 Å². The smallest absolute Gasteiger partial charge is 0.416 e. The van der Waals surface area contributed by atoms with E-state index in [1.165, 1.54) is 29.2 Å². The van der Waals surface area contributed by atoms with Gasteiger partial charge in [0, 0.05) is 107 Å². The van der Waals surface area contributed by atoms with Crippen LogP contribution in [-0.2, 0) is 48.9 Å². The maximum absolute atomic E-state index is 14.2. The number of para-hydroxylation sites is 1. The van der Waals surface area contributed by atoms with E-state index in [0.29, 0.717) is 113 Å². The SMILES string of the molecule is CN(CCN1CCC(N(C(=O)O)c2ccccc2-c2ccccc2)CC1)C(=O)CCCCCNc1ccc(C(=O)CCCN(C)C(=O)CO[C@H]2Cc3ccccc3C23CCN(CC[C@@]2(c4ccc(F)cc4)CN(C(=O)c4cc(C(F)(F)F)cc(C(F)(F)F)c4)CO2)CC3)cc1. The summed E-state index contributed by atoms with van der Waals surface area (Å²) in [4.78, 5) is 76.8. The Bertz CT molecular complexity index is 3590. The van der Waals surface area contributed by atoms with E-state index in [9.17, 15) is 59.8 Å². The molecule has 506 valence electrons. The standard InChI is InChI=1S/C73H82F7N7O8/c1-82(36-13-20-64(88)52-22-28-59(29-23-52)81-35-12-4-7-21-66(89)83(2)42-43-84-37-30-60(31-38-84)87(69(92)93)63-19-11-9-17-61(63)51-14-5-3-6-15-51)67(90)48-94-65-46-53-16-8-10-18-62(53)70(65)32-39-85(40-33-70)41-34-71(55-24-26-58(74)27-25-55)49-86(50-95-71)68(91)54-44-56(72(75,76)77)47-57(45-54)73(78,79)80/h3,5-6,8-11,14-19,22-29,44-45,47,60,65,81H,4,7,12-13,20-21,30-43,46,48-50H2,1-2H3,(H,92,93)/t65-,71-/m0/s1. The van der Waals surface area contributed by atoms with Gasteiger partial charge in [-0.25, -0.2) is 9.18 Å². The fourth-order valence-electron chi connectivity index (χ4n) is 13.9. The summed E-state index contributed by atoms with van der Waals surface area (Å²) in [7, 11) is 3.54. The van der Waals surface area contributed by atoms with Gasteiger partial charge in [0.2, 0.25) is 11.8 Å². The van der Waals surface area contributed by atoms with Gasteiger partial charge in [0.1, 0.15) is 24.8 Å². The molecule has 2 atom stereocenters. The van der Waals surface area contributed by atoms with E-state index >= 15 is 0 Å². The third-order valence-electron chi connectivity index (χ3n) is 19.5. The fourth-order valence-corrected chi connectivity index (χ4v) is 13.9. The van der Waals surface area contributed by atoms with E-state index in [1.807, 2.05) is 85.9 Å². The van der Waals surface area contributed by atoms with Crippen molar-refractivity contribution in [3.63, 3.8) is 0 Å². The summed E-state index contributed by atoms with van der Waals surface area (Å²) in [5, 5.41) is 13.8. The highest BCUT2D eigenvalue weighted by atomic mass is 19.4. The number of carboxylic acid groups (broad SMARTS) is 1. The number of rotatable bonds is 26. The number of carbonyl (C=O) groups is 5. The van der Waals surface area contributed by atoms with Crippen LogP contribution in [0, 0.1) is 5.82 Å². The number of halogens is 7. The summed E-state index contributed by atoms with van der Waals surface area (Å²) in [6.07, 6.45) is -4.32. The van der Waals surface area contributed by atoms with Crippen molar-refractivity contribution in [2.24, 2.45) is 0 Å². The molecule has 15 nitrogen and oxygen atoms in total. The van der Waals surface area contributed by atoms with Gasteiger partial charge in [0.25, 0.3) is 5.91 Å². The highest BCUT2D eigenvalue weighted by molar-refractivity contribution is 5.97. The lowest BCUT2D eigenvalue weighted by Gasteiger charge is -2.44. The molecule has 0 bridgehead atoms. The molecule has 3 fully saturated rings. The average molecular weight is 1320 g/mol. The summed E-state index contributed by atoms with van der Waals surface area (Å²) in [6.45, 7) is 4.69. The first-order valence-electron chi connectivity index (χ1n) is 32.7. The van der Waals surface area contributed by atoms with Crippen LogP contribution in [0.3, 0.4) is 0 Å². The quantitative estimate of drug-likeness (QED) is 0.0303. The maximum Gasteiger partial charge on any atom is 0.416 e. The Balaban J connectivity index is 0.617. The van der Waals surface area contributed by atoms with Crippen LogP contribution < -0.4 is 10.2 Å². The molecular weight excluding hydrogens is 1240 g/mol. The Labute approximate surface area is 549 Å². The largest absolute Gasteiger partial charge is 0.465 e. The summed E-state index contributed by atoms with van der Waals surface area (Å²) < 4.78 is 110. The van der Waals surface area contributed by atoms with E-state index in [4.69, 9.17) is 9.47 Å². The number of ketones is 1. The Kier molecular flexibility index (Phi) is 22.5. The zero-order valence-electron chi connectivity index (χ0n) is 53.6. The molecule has 0 saturated carbocycles. The maximum atomic E-state index is 14.2. The molecule has 6 aromatic carbocycles. The topological polar surface area (TPSA) is 156 Å². The summed E-state index contributed by atoms with van der Waals surface area (Å²) >= 11 is 0. The molecule has 3 heterocycles. The average Bonchev–Trinajstić information content (AvgIpc) is 1.61. The van der Waals surface area contributed by atoms with Gasteiger partial charge >= 0.3 is 18.4 Å². The van der Waals surface area contributed by atoms with Crippen molar-refractivity contribution in [2.75, 3.05) is 103 Å². The van der Waals surface area contributed by atoms with Crippen LogP contribution in [0.1, 0.15) is 119 Å². The number of fused-ring (bicyclic) bond motifs is 2. The molecule has 22 heteroatoms. The summed E-state index contributed by atoms with van der Waals surface area (Å²) in [5.74, 6) is -1.76. The zero-order valence-corrected chi connectivity index (χ0v) is 53.6. The molecule has 3 saturated heterocycles. The second-order valence-electron chi connectivity index (χ2n) is 25.6. The van der Waals surface area contributed by atoms with Crippen LogP contribution in [-0.4, -0.2) is 164 Å². The molecule has 0 aromatic heterocycles. The summed E-state index contributed by atoms with van der Waals surface area (Å²) in [6, 6.07) is 39.0. The number of likely N-dealkylation sites (tertiary alicyclic amines) is 2. The van der Waals surface area contributed by atoms with Crippen molar-refractivity contribution in [1.29, 1.82) is 0 Å². The Morgan fingerprint density at radius 1 is 0.674 bits per heavy atom. The number of alkyl halides is 6. The van der Waals surface area contributed by atoms with E-state index in [1.54, 1.807) is 29.0 Å². The number of nitrogens with one attached hydrogen (secondary N) is 1. The number of likely N-dealkylation sites (N-methyl/N-ethyl adjacent to an activating group) is 2. The number of ether oxygens (including phenoxy) is 2. The molecule has 1 aliphatic carbocycles. The van der Waals surface area contributed by atoms with Crippen LogP contribution in [0.2, 0.25) is 0 Å². The van der Waals surface area contributed by atoms with Gasteiger partial charge in [-0.2, -0.15) is 26.3 Å². The molecule has 4 amide bonds. The first kappa shape index (κ1) is 69.6. The normalized spacial score (nSPS) is 18.4. The van der Waals surface area contributed by atoms with E-state index in [-0.39, 0.29) is 61.8 Å². The van der Waals surface area contributed by atoms with Crippen molar-refractivity contribution in [3.05, 3.63) is 190 Å². The van der Waals surface area contributed by atoms with Crippen molar-refractivity contribution < 1.29 is 69.3 Å². The third-order valence-corrected chi connectivity index (χ3v) is 19.5. The molecular formula is C73H82F7N7O8. The highest BCUT2D eigenvalue weighted by Gasteiger charge is 2.50. The summed E-state index contributed by atoms with van der Waals surface area (Å²) in [5.41, 5.74) is 1.10. The van der Waals surface area contributed by atoms with Crippen molar-refractivity contribution in [1.82, 2.24) is 24.5 Å². The predicted molar refractivity (Wildman–Crippen MR) is 347 cm³/mol. The number of hydrogen-bond acceptors (Lipinski definition) is 10. The van der Waals surface area contributed by atoms with E-state index in [0.717, 1.165) is 71.7 Å². The number of amides is 4. The second kappa shape index (κ2) is 30.7. The minimum atomic E-state index is -5.15. The number of unbranched alkanes of at least 4 members (excludes halogenated alkanes) is 2. The van der Waals surface area contributed by atoms with Crippen LogP contribution in [0.5, 0.6) is 0 Å². The number of hydrogen-bond donors (Lipinski definition) is 2. The van der Waals surface area contributed by atoms with Crippen molar-refractivity contribution in [3.8, 4) is 11.1 Å². The molecule has 10 rings (SSSR count). The lowest BCUT2D eigenvalue weighted by molar-refractivity contribution is -0.143. The fraction of sp³-hybridized carbons (Fsp3) is 0.438. The Morgan fingerprint density at radius 2 is 1.32 bits per heavy atom.